The summed E-state index contributed by atoms with van der Waals surface area (Å²) in [5, 5.41) is 8.39. The minimum atomic E-state index is -4.31. The average molecular weight is 254 g/mol. The molecule has 1 N–H and O–H groups in total. The van der Waals surface area contributed by atoms with Crippen LogP contribution in [0.2, 0.25) is 0 Å². The Morgan fingerprint density at radius 2 is 1.75 bits per heavy atom. The molecule has 0 spiro atoms. The first-order valence-corrected chi connectivity index (χ1v) is 5.66. The Morgan fingerprint density at radius 3 is 2.12 bits per heavy atom. The summed E-state index contributed by atoms with van der Waals surface area (Å²) in [5.41, 5.74) is -1.26. The van der Waals surface area contributed by atoms with Gasteiger partial charge in [-0.2, -0.15) is 0 Å². The number of benzene rings is 1. The highest BCUT2D eigenvalue weighted by molar-refractivity contribution is 7.90. The molecule has 1 aromatic rings. The molecule has 0 aliphatic carbocycles. The molecule has 0 fully saturated rings. The van der Waals surface area contributed by atoms with E-state index in [1.165, 1.54) is 0 Å². The van der Waals surface area contributed by atoms with Crippen molar-refractivity contribution in [2.24, 2.45) is 0 Å². The van der Waals surface area contributed by atoms with Crippen molar-refractivity contribution in [1.29, 1.82) is 0 Å². The summed E-state index contributed by atoms with van der Waals surface area (Å²) in [4.78, 5) is 8.89. The molecule has 1 rings (SSSR count). The maximum atomic E-state index is 13.1. The lowest BCUT2D eigenvalue weighted by molar-refractivity contribution is 0.0689. The second kappa shape index (κ2) is 3.78. The van der Waals surface area contributed by atoms with Gasteiger partial charge in [-0.1, -0.05) is 0 Å². The first-order valence-electron chi connectivity index (χ1n) is 3.77. The quantitative estimate of drug-likeness (QED) is 0.805. The van der Waals surface area contributed by atoms with E-state index in [1.54, 1.807) is 0 Å². The third-order valence-corrected chi connectivity index (χ3v) is 2.83. The third-order valence-electron chi connectivity index (χ3n) is 1.72. The molecule has 0 radical (unpaired) electrons. The second-order valence-corrected chi connectivity index (χ2v) is 4.89. The lowest BCUT2D eigenvalue weighted by Gasteiger charge is -2.05. The molecule has 0 bridgehead atoms. The van der Waals surface area contributed by atoms with Crippen molar-refractivity contribution in [2.75, 3.05) is 6.26 Å². The highest BCUT2D eigenvalue weighted by Gasteiger charge is 2.27. The molecule has 4 nitrogen and oxygen atoms in total. The van der Waals surface area contributed by atoms with Crippen LogP contribution in [0.4, 0.5) is 13.2 Å². The third kappa shape index (κ3) is 2.01. The number of halogens is 3. The van der Waals surface area contributed by atoms with Crippen LogP contribution in [0, 0.1) is 17.5 Å². The van der Waals surface area contributed by atoms with Gasteiger partial charge in [-0.15, -0.1) is 0 Å². The Balaban J connectivity index is 3.73. The van der Waals surface area contributed by atoms with E-state index in [0.717, 1.165) is 0 Å². The van der Waals surface area contributed by atoms with Crippen LogP contribution in [0.25, 0.3) is 0 Å². The Bertz CT molecular complexity index is 565. The monoisotopic (exact) mass is 254 g/mol. The van der Waals surface area contributed by atoms with E-state index in [2.05, 4.69) is 0 Å². The number of rotatable bonds is 2. The van der Waals surface area contributed by atoms with E-state index in [1.807, 2.05) is 0 Å². The maximum absolute atomic E-state index is 13.1. The number of hydrogen-bond acceptors (Lipinski definition) is 3. The predicted molar refractivity (Wildman–Crippen MR) is 46.4 cm³/mol. The Morgan fingerprint density at radius 1 is 1.25 bits per heavy atom. The molecule has 0 aromatic heterocycles. The molecule has 0 aliphatic rings. The molecule has 0 saturated heterocycles. The number of carboxylic acids is 1. The van der Waals surface area contributed by atoms with Gasteiger partial charge in [0.1, 0.15) is 16.3 Å². The smallest absolute Gasteiger partial charge is 0.338 e. The Hall–Kier alpha value is -1.57. The normalized spacial score (nSPS) is 11.5. The minimum absolute atomic E-state index is 0.122. The van der Waals surface area contributed by atoms with Gasteiger partial charge >= 0.3 is 5.97 Å². The molecule has 88 valence electrons. The fraction of sp³-hybridized carbons (Fsp3) is 0.125. The van der Waals surface area contributed by atoms with Crippen molar-refractivity contribution in [1.82, 2.24) is 0 Å². The maximum Gasteiger partial charge on any atom is 0.338 e. The number of carbonyl (C=O) groups is 1. The largest absolute Gasteiger partial charge is 0.478 e. The first kappa shape index (κ1) is 12.5. The summed E-state index contributed by atoms with van der Waals surface area (Å²) in [5.74, 6) is -7.47. The highest BCUT2D eigenvalue weighted by Crippen LogP contribution is 2.24. The van der Waals surface area contributed by atoms with E-state index in [0.29, 0.717) is 6.26 Å². The van der Waals surface area contributed by atoms with Crippen LogP contribution in [-0.2, 0) is 9.84 Å². The summed E-state index contributed by atoms with van der Waals surface area (Å²) in [6, 6.07) is 0.122. The number of sulfone groups is 1. The summed E-state index contributed by atoms with van der Waals surface area (Å²) < 4.78 is 61.1. The zero-order valence-electron chi connectivity index (χ0n) is 7.79. The van der Waals surface area contributed by atoms with Gasteiger partial charge in [0.25, 0.3) is 0 Å². The molecule has 0 heterocycles. The number of carboxylic acid groups (broad SMARTS) is 1. The van der Waals surface area contributed by atoms with Gasteiger partial charge in [-0.05, 0) is 6.07 Å². The molecule has 0 amide bonds. The van der Waals surface area contributed by atoms with Crippen molar-refractivity contribution < 1.29 is 31.5 Å². The van der Waals surface area contributed by atoms with Crippen molar-refractivity contribution in [2.45, 2.75) is 4.90 Å². The van der Waals surface area contributed by atoms with Crippen LogP contribution >= 0.6 is 0 Å². The lowest BCUT2D eigenvalue weighted by atomic mass is 10.2. The van der Waals surface area contributed by atoms with E-state index < -0.39 is 43.7 Å². The summed E-state index contributed by atoms with van der Waals surface area (Å²) in [6.45, 7) is 0. The number of aromatic carboxylic acids is 1. The van der Waals surface area contributed by atoms with Crippen LogP contribution in [-0.4, -0.2) is 25.7 Å². The second-order valence-electron chi connectivity index (χ2n) is 2.94. The standard InChI is InChI=1S/C8H5F3O4S/c1-16(14,15)7-4(9)2-3(8(12)13)5(10)6(7)11/h2H,1H3,(H,12,13). The lowest BCUT2D eigenvalue weighted by Crippen LogP contribution is -2.11. The van der Waals surface area contributed by atoms with Gasteiger partial charge in [0, 0.05) is 6.26 Å². The highest BCUT2D eigenvalue weighted by atomic mass is 32.2. The van der Waals surface area contributed by atoms with Crippen LogP contribution in [0.3, 0.4) is 0 Å². The van der Waals surface area contributed by atoms with E-state index in [9.17, 15) is 26.4 Å². The molecule has 0 saturated carbocycles. The van der Waals surface area contributed by atoms with Gasteiger partial charge in [-0.25, -0.2) is 26.4 Å². The molecular weight excluding hydrogens is 249 g/mol. The first-order chi connectivity index (χ1) is 7.16. The summed E-state index contributed by atoms with van der Waals surface area (Å²) >= 11 is 0. The van der Waals surface area contributed by atoms with Crippen LogP contribution in [0.5, 0.6) is 0 Å². The Kier molecular flexibility index (Phi) is 2.95. The Labute approximate surface area is 88.2 Å². The molecule has 0 atom stereocenters. The van der Waals surface area contributed by atoms with E-state index in [-0.39, 0.29) is 6.07 Å². The average Bonchev–Trinajstić information content (AvgIpc) is 2.08. The molecule has 0 aliphatic heterocycles. The van der Waals surface area contributed by atoms with Crippen molar-refractivity contribution in [3.63, 3.8) is 0 Å². The molecular formula is C8H5F3O4S. The van der Waals surface area contributed by atoms with Crippen molar-refractivity contribution >= 4 is 15.8 Å². The minimum Gasteiger partial charge on any atom is -0.478 e. The fourth-order valence-electron chi connectivity index (χ4n) is 1.07. The van der Waals surface area contributed by atoms with Gasteiger partial charge < -0.3 is 5.11 Å². The SMILES string of the molecule is CS(=O)(=O)c1c(F)cc(C(=O)O)c(F)c1F. The van der Waals surface area contributed by atoms with Crippen LogP contribution in [0.1, 0.15) is 10.4 Å². The van der Waals surface area contributed by atoms with Gasteiger partial charge in [0.15, 0.2) is 21.5 Å². The van der Waals surface area contributed by atoms with E-state index >= 15 is 0 Å². The zero-order chi connectivity index (χ0) is 12.7. The van der Waals surface area contributed by atoms with Gasteiger partial charge in [0.05, 0.1) is 0 Å². The molecule has 1 aromatic carbocycles. The summed E-state index contributed by atoms with van der Waals surface area (Å²) in [6.07, 6.45) is 0.481. The van der Waals surface area contributed by atoms with Crippen molar-refractivity contribution in [3.05, 3.63) is 29.1 Å². The van der Waals surface area contributed by atoms with E-state index in [4.69, 9.17) is 5.11 Å². The summed E-state index contributed by atoms with van der Waals surface area (Å²) in [7, 11) is -4.31. The van der Waals surface area contributed by atoms with Crippen LogP contribution in [0.15, 0.2) is 11.0 Å². The zero-order valence-corrected chi connectivity index (χ0v) is 8.61. The van der Waals surface area contributed by atoms with Gasteiger partial charge in [-0.3, -0.25) is 0 Å². The topological polar surface area (TPSA) is 71.4 Å². The van der Waals surface area contributed by atoms with Crippen LogP contribution < -0.4 is 0 Å². The number of hydrogen-bond donors (Lipinski definition) is 1. The molecule has 16 heavy (non-hydrogen) atoms. The molecule has 0 unspecified atom stereocenters. The van der Waals surface area contributed by atoms with Gasteiger partial charge in [0.2, 0.25) is 0 Å². The predicted octanol–water partition coefficient (Wildman–Crippen LogP) is 1.21. The molecule has 8 heteroatoms. The van der Waals surface area contributed by atoms with Crippen molar-refractivity contribution in [3.8, 4) is 0 Å². The fourth-order valence-corrected chi connectivity index (χ4v) is 1.90.